The fourth-order valence-corrected chi connectivity index (χ4v) is 5.99. The number of hydrogen-bond donors (Lipinski definition) is 0. The second kappa shape index (κ2) is 9.86. The van der Waals surface area contributed by atoms with Gasteiger partial charge in [0.2, 0.25) is 5.91 Å². The fourth-order valence-electron chi connectivity index (χ4n) is 5.16. The molecule has 0 unspecified atom stereocenters. The van der Waals surface area contributed by atoms with Crippen LogP contribution in [0.25, 0.3) is 11.4 Å². The molecule has 1 aromatic carbocycles. The van der Waals surface area contributed by atoms with Crippen molar-refractivity contribution in [2.75, 3.05) is 12.3 Å². The maximum atomic E-state index is 13.2. The van der Waals surface area contributed by atoms with E-state index in [1.165, 1.54) is 43.0 Å². The van der Waals surface area contributed by atoms with E-state index in [1.807, 2.05) is 30.3 Å². The second-order valence-corrected chi connectivity index (χ2v) is 9.69. The summed E-state index contributed by atoms with van der Waals surface area (Å²) >= 11 is 1.51. The van der Waals surface area contributed by atoms with Crippen molar-refractivity contribution in [2.24, 2.45) is 5.92 Å². The minimum Gasteiger partial charge on any atom is -0.339 e. The molecule has 2 fully saturated rings. The zero-order valence-corrected chi connectivity index (χ0v) is 19.1. The number of aromatic nitrogens is 4. The third kappa shape index (κ3) is 4.58. The molecule has 0 bridgehead atoms. The highest BCUT2D eigenvalue weighted by molar-refractivity contribution is 7.99. The Morgan fingerprint density at radius 3 is 2.59 bits per heavy atom. The summed E-state index contributed by atoms with van der Waals surface area (Å²) in [5.41, 5.74) is 2.15. The van der Waals surface area contributed by atoms with Crippen molar-refractivity contribution in [1.82, 2.24) is 24.6 Å². The second-order valence-electron chi connectivity index (χ2n) is 8.74. The lowest BCUT2D eigenvalue weighted by Crippen LogP contribution is -2.50. The maximum absolute atomic E-state index is 13.2. The van der Waals surface area contributed by atoms with Gasteiger partial charge in [-0.2, -0.15) is 0 Å². The largest absolute Gasteiger partial charge is 0.339 e. The number of pyridine rings is 1. The molecule has 0 radical (unpaired) electrons. The number of amides is 1. The summed E-state index contributed by atoms with van der Waals surface area (Å²) in [6.45, 7) is 1.57. The van der Waals surface area contributed by atoms with Gasteiger partial charge in [0.15, 0.2) is 11.0 Å². The van der Waals surface area contributed by atoms with E-state index in [0.29, 0.717) is 24.3 Å². The van der Waals surface area contributed by atoms with E-state index >= 15 is 0 Å². The number of hydrogen-bond acceptors (Lipinski definition) is 5. The van der Waals surface area contributed by atoms with Gasteiger partial charge in [-0.15, -0.1) is 10.2 Å². The third-order valence-corrected chi connectivity index (χ3v) is 7.68. The lowest BCUT2D eigenvalue weighted by atomic mass is 9.78. The van der Waals surface area contributed by atoms with Crippen molar-refractivity contribution in [1.29, 1.82) is 0 Å². The van der Waals surface area contributed by atoms with Crippen molar-refractivity contribution in [3.63, 3.8) is 0 Å². The molecule has 3 aromatic rings. The standard InChI is InChI=1S/C25H29N5OS/c31-23(29-16-6-10-20-9-4-5-11-22(20)29)18-32-25-28-27-24(21-12-14-26-15-13-21)30(25)17-19-7-2-1-3-8-19/h1-3,7-8,12-15,20,22H,4-6,9-11,16-18H2/t20-,22-/m0/s1. The molecule has 5 rings (SSSR count). The number of rotatable bonds is 6. The van der Waals surface area contributed by atoms with E-state index in [1.54, 1.807) is 12.4 Å². The van der Waals surface area contributed by atoms with Crippen LogP contribution in [0.1, 0.15) is 44.1 Å². The number of benzene rings is 1. The third-order valence-electron chi connectivity index (χ3n) is 6.73. The van der Waals surface area contributed by atoms with Crippen LogP contribution < -0.4 is 0 Å². The van der Waals surface area contributed by atoms with Crippen molar-refractivity contribution in [3.05, 3.63) is 60.4 Å². The highest BCUT2D eigenvalue weighted by Gasteiger charge is 2.35. The molecule has 6 nitrogen and oxygen atoms in total. The summed E-state index contributed by atoms with van der Waals surface area (Å²) in [7, 11) is 0. The van der Waals surface area contributed by atoms with Crippen molar-refractivity contribution in [2.45, 2.75) is 56.3 Å². The van der Waals surface area contributed by atoms with Gasteiger partial charge in [0.1, 0.15) is 0 Å². The first-order chi connectivity index (χ1) is 15.8. The predicted octanol–water partition coefficient (Wildman–Crippen LogP) is 4.66. The molecule has 0 spiro atoms. The molecule has 7 heteroatoms. The SMILES string of the molecule is O=C(CSc1nnc(-c2ccncc2)n1Cc1ccccc1)N1CCC[C@@H]2CCCC[C@@H]21. The van der Waals surface area contributed by atoms with E-state index in [-0.39, 0.29) is 5.91 Å². The van der Waals surface area contributed by atoms with Gasteiger partial charge in [0.25, 0.3) is 0 Å². The number of piperidine rings is 1. The Kier molecular flexibility index (Phi) is 6.53. The monoisotopic (exact) mass is 447 g/mol. The van der Waals surface area contributed by atoms with E-state index in [9.17, 15) is 4.79 Å². The average Bonchev–Trinajstić information content (AvgIpc) is 3.25. The summed E-state index contributed by atoms with van der Waals surface area (Å²) in [6.07, 6.45) is 11.0. The van der Waals surface area contributed by atoms with Gasteiger partial charge in [-0.05, 0) is 49.3 Å². The molecule has 2 aromatic heterocycles. The number of fused-ring (bicyclic) bond motifs is 1. The molecule has 166 valence electrons. The number of nitrogens with zero attached hydrogens (tertiary/aromatic N) is 5. The Bertz CT molecular complexity index is 1040. The van der Waals surface area contributed by atoms with Crippen molar-refractivity contribution in [3.8, 4) is 11.4 Å². The van der Waals surface area contributed by atoms with Gasteiger partial charge in [-0.1, -0.05) is 54.9 Å². The van der Waals surface area contributed by atoms with Crippen LogP contribution in [0, 0.1) is 5.92 Å². The Labute approximate surface area is 193 Å². The number of likely N-dealkylation sites (tertiary alicyclic amines) is 1. The minimum absolute atomic E-state index is 0.242. The van der Waals surface area contributed by atoms with Crippen molar-refractivity contribution >= 4 is 17.7 Å². The Morgan fingerprint density at radius 1 is 0.969 bits per heavy atom. The quantitative estimate of drug-likeness (QED) is 0.514. The maximum Gasteiger partial charge on any atom is 0.233 e. The van der Waals surface area contributed by atoms with Crippen LogP contribution in [-0.4, -0.2) is 48.9 Å². The topological polar surface area (TPSA) is 63.9 Å². The van der Waals surface area contributed by atoms with Crippen LogP contribution >= 0.6 is 11.8 Å². The van der Waals surface area contributed by atoms with Gasteiger partial charge < -0.3 is 4.90 Å². The summed E-state index contributed by atoms with van der Waals surface area (Å²) in [5.74, 6) is 2.15. The van der Waals surface area contributed by atoms with Crippen LogP contribution in [0.3, 0.4) is 0 Å². The van der Waals surface area contributed by atoms with Gasteiger partial charge in [0.05, 0.1) is 12.3 Å². The minimum atomic E-state index is 0.242. The normalized spacial score (nSPS) is 20.7. The summed E-state index contributed by atoms with van der Waals surface area (Å²) in [4.78, 5) is 19.5. The Morgan fingerprint density at radius 2 is 1.75 bits per heavy atom. The van der Waals surface area contributed by atoms with Gasteiger partial charge in [-0.3, -0.25) is 14.3 Å². The Hall–Kier alpha value is -2.67. The number of thioether (sulfide) groups is 1. The molecular weight excluding hydrogens is 418 g/mol. The van der Waals surface area contributed by atoms with Crippen LogP contribution in [0.2, 0.25) is 0 Å². The first-order valence-corrected chi connectivity index (χ1v) is 12.6. The van der Waals surface area contributed by atoms with Crippen LogP contribution in [0.15, 0.2) is 60.0 Å². The molecule has 0 N–H and O–H groups in total. The lowest BCUT2D eigenvalue weighted by molar-refractivity contribution is -0.134. The van der Waals surface area contributed by atoms with E-state index < -0.39 is 0 Å². The number of carbonyl (C=O) groups is 1. The lowest BCUT2D eigenvalue weighted by Gasteiger charge is -2.44. The summed E-state index contributed by atoms with van der Waals surface area (Å²) < 4.78 is 2.11. The molecule has 3 heterocycles. The molecule has 1 aliphatic carbocycles. The smallest absolute Gasteiger partial charge is 0.233 e. The highest BCUT2D eigenvalue weighted by atomic mass is 32.2. The van der Waals surface area contributed by atoms with Crippen LogP contribution in [-0.2, 0) is 11.3 Å². The van der Waals surface area contributed by atoms with Crippen LogP contribution in [0.4, 0.5) is 0 Å². The molecule has 2 atom stereocenters. The molecule has 32 heavy (non-hydrogen) atoms. The fraction of sp³-hybridized carbons (Fsp3) is 0.440. The van der Waals surface area contributed by atoms with Crippen LogP contribution in [0.5, 0.6) is 0 Å². The molecule has 2 aliphatic rings. The van der Waals surface area contributed by atoms with E-state index in [4.69, 9.17) is 0 Å². The van der Waals surface area contributed by atoms with Gasteiger partial charge in [-0.25, -0.2) is 0 Å². The molecule has 1 saturated heterocycles. The highest BCUT2D eigenvalue weighted by Crippen LogP contribution is 2.36. The zero-order chi connectivity index (χ0) is 21.8. The predicted molar refractivity (Wildman–Crippen MR) is 126 cm³/mol. The van der Waals surface area contributed by atoms with Crippen molar-refractivity contribution < 1.29 is 4.79 Å². The van der Waals surface area contributed by atoms with Gasteiger partial charge >= 0.3 is 0 Å². The Balaban J connectivity index is 1.35. The van der Waals surface area contributed by atoms with Gasteiger partial charge in [0, 0.05) is 30.5 Å². The summed E-state index contributed by atoms with van der Waals surface area (Å²) in [5, 5.41) is 9.73. The molecule has 1 amide bonds. The molecule has 1 saturated carbocycles. The first-order valence-electron chi connectivity index (χ1n) is 11.6. The summed E-state index contributed by atoms with van der Waals surface area (Å²) in [6, 6.07) is 14.6. The van der Waals surface area contributed by atoms with E-state index in [0.717, 1.165) is 35.9 Å². The first kappa shape index (κ1) is 21.2. The molecule has 1 aliphatic heterocycles. The number of carbonyl (C=O) groups excluding carboxylic acids is 1. The average molecular weight is 448 g/mol. The van der Waals surface area contributed by atoms with E-state index in [2.05, 4.69) is 36.8 Å². The molecular formula is C25H29N5OS. The zero-order valence-electron chi connectivity index (χ0n) is 18.3.